The van der Waals surface area contributed by atoms with Gasteiger partial charge in [0.25, 0.3) is 0 Å². The molecule has 0 aliphatic carbocycles. The van der Waals surface area contributed by atoms with Crippen LogP contribution in [0.25, 0.3) is 10.2 Å². The summed E-state index contributed by atoms with van der Waals surface area (Å²) < 4.78 is 6.49. The van der Waals surface area contributed by atoms with Gasteiger partial charge in [-0.2, -0.15) is 5.26 Å². The molecule has 1 heterocycles. The van der Waals surface area contributed by atoms with Crippen LogP contribution in [0.3, 0.4) is 0 Å². The van der Waals surface area contributed by atoms with Crippen molar-refractivity contribution in [3.63, 3.8) is 0 Å². The molecule has 1 aromatic heterocycles. The predicted molar refractivity (Wildman–Crippen MR) is 94.5 cm³/mol. The Morgan fingerprint density at radius 3 is 2.67 bits per heavy atom. The maximum Gasteiger partial charge on any atom is 0.186 e. The van der Waals surface area contributed by atoms with Crippen LogP contribution in [0.5, 0.6) is 5.75 Å². The van der Waals surface area contributed by atoms with Crippen molar-refractivity contribution in [2.24, 2.45) is 0 Å². The van der Waals surface area contributed by atoms with Gasteiger partial charge in [0.1, 0.15) is 10.8 Å². The van der Waals surface area contributed by atoms with Gasteiger partial charge in [-0.15, -0.1) is 11.3 Å². The summed E-state index contributed by atoms with van der Waals surface area (Å²) in [5.74, 6) is -0.398. The van der Waals surface area contributed by atoms with Crippen molar-refractivity contribution in [1.82, 2.24) is 4.98 Å². The first kappa shape index (κ1) is 16.2. The Morgan fingerprint density at radius 1 is 1.25 bits per heavy atom. The third-order valence-corrected chi connectivity index (χ3v) is 4.66. The highest BCUT2D eigenvalue weighted by Crippen LogP contribution is 2.29. The fourth-order valence-corrected chi connectivity index (χ4v) is 3.35. The second-order valence-electron chi connectivity index (χ2n) is 5.32. The second kappa shape index (κ2) is 7.24. The molecule has 0 amide bonds. The van der Waals surface area contributed by atoms with Crippen LogP contribution in [-0.2, 0) is 0 Å². The zero-order valence-corrected chi connectivity index (χ0v) is 14.0. The van der Waals surface area contributed by atoms with Gasteiger partial charge in [-0.1, -0.05) is 19.1 Å². The summed E-state index contributed by atoms with van der Waals surface area (Å²) in [6.45, 7) is 2.67. The summed E-state index contributed by atoms with van der Waals surface area (Å²) >= 11 is 1.39. The molecule has 0 saturated heterocycles. The molecule has 2 aromatic carbocycles. The highest BCUT2D eigenvalue weighted by atomic mass is 32.1. The first-order chi connectivity index (χ1) is 11.7. The summed E-state index contributed by atoms with van der Waals surface area (Å²) in [6.07, 6.45) is 0.925. The number of fused-ring (bicyclic) bond motifs is 1. The number of nitriles is 1. The van der Waals surface area contributed by atoms with Crippen LogP contribution in [-0.4, -0.2) is 17.4 Å². The summed E-state index contributed by atoms with van der Waals surface area (Å²) in [5, 5.41) is 10.0. The molecule has 0 bridgehead atoms. The standard InChI is InChI=1S/C19H16N2O2S/c1-2-11-23-14-9-7-13(8-10-14)18(22)15(12-20)19-21-16-5-3-4-6-17(16)24-19/h3-10,15H,2,11H2,1H3. The molecular weight excluding hydrogens is 320 g/mol. The molecule has 120 valence electrons. The van der Waals surface area contributed by atoms with Crippen molar-refractivity contribution in [1.29, 1.82) is 5.26 Å². The molecule has 5 heteroatoms. The molecular formula is C19H16N2O2S. The fourth-order valence-electron chi connectivity index (χ4n) is 2.34. The van der Waals surface area contributed by atoms with E-state index < -0.39 is 5.92 Å². The lowest BCUT2D eigenvalue weighted by Gasteiger charge is -2.07. The number of rotatable bonds is 6. The summed E-state index contributed by atoms with van der Waals surface area (Å²) in [4.78, 5) is 17.1. The number of para-hydroxylation sites is 1. The van der Waals surface area contributed by atoms with Gasteiger partial charge < -0.3 is 4.74 Å². The van der Waals surface area contributed by atoms with E-state index >= 15 is 0 Å². The predicted octanol–water partition coefficient (Wildman–Crippen LogP) is 4.58. The molecule has 0 fully saturated rings. The van der Waals surface area contributed by atoms with Crippen LogP contribution in [0, 0.1) is 11.3 Å². The summed E-state index contributed by atoms with van der Waals surface area (Å²) in [6, 6.07) is 16.6. The number of nitrogens with zero attached hydrogens (tertiary/aromatic N) is 2. The highest BCUT2D eigenvalue weighted by molar-refractivity contribution is 7.18. The van der Waals surface area contributed by atoms with Crippen LogP contribution < -0.4 is 4.74 Å². The van der Waals surface area contributed by atoms with Crippen LogP contribution in [0.1, 0.15) is 34.6 Å². The molecule has 0 spiro atoms. The lowest BCUT2D eigenvalue weighted by molar-refractivity contribution is 0.0979. The number of ketones is 1. The number of thiazole rings is 1. The smallest absolute Gasteiger partial charge is 0.186 e. The van der Waals surface area contributed by atoms with E-state index in [9.17, 15) is 10.1 Å². The first-order valence-electron chi connectivity index (χ1n) is 7.75. The Balaban J connectivity index is 1.85. The molecule has 24 heavy (non-hydrogen) atoms. The fraction of sp³-hybridized carbons (Fsp3) is 0.211. The molecule has 0 radical (unpaired) electrons. The van der Waals surface area contributed by atoms with Crippen LogP contribution in [0.2, 0.25) is 0 Å². The number of ether oxygens (including phenoxy) is 1. The van der Waals surface area contributed by atoms with Crippen molar-refractivity contribution in [3.05, 3.63) is 59.1 Å². The largest absolute Gasteiger partial charge is 0.494 e. The lowest BCUT2D eigenvalue weighted by Crippen LogP contribution is -2.11. The van der Waals surface area contributed by atoms with Crippen LogP contribution in [0.15, 0.2) is 48.5 Å². The van der Waals surface area contributed by atoms with Gasteiger partial charge in [-0.3, -0.25) is 4.79 Å². The van der Waals surface area contributed by atoms with E-state index in [-0.39, 0.29) is 5.78 Å². The third kappa shape index (κ3) is 3.29. The van der Waals surface area contributed by atoms with Gasteiger partial charge >= 0.3 is 0 Å². The minimum atomic E-state index is -0.884. The second-order valence-corrected chi connectivity index (χ2v) is 6.38. The molecule has 3 rings (SSSR count). The average molecular weight is 336 g/mol. The number of carbonyl (C=O) groups excluding carboxylic acids is 1. The molecule has 0 saturated carbocycles. The monoisotopic (exact) mass is 336 g/mol. The van der Waals surface area contributed by atoms with Gasteiger partial charge in [-0.25, -0.2) is 4.98 Å². The van der Waals surface area contributed by atoms with E-state index in [0.717, 1.165) is 22.4 Å². The Kier molecular flexibility index (Phi) is 4.88. The van der Waals surface area contributed by atoms with E-state index in [0.29, 0.717) is 17.2 Å². The van der Waals surface area contributed by atoms with Crippen molar-refractivity contribution < 1.29 is 9.53 Å². The van der Waals surface area contributed by atoms with E-state index in [2.05, 4.69) is 11.1 Å². The Hall–Kier alpha value is -2.71. The Morgan fingerprint density at radius 2 is 2.00 bits per heavy atom. The topological polar surface area (TPSA) is 63.0 Å². The van der Waals surface area contributed by atoms with Gasteiger partial charge in [0.05, 0.1) is 22.9 Å². The van der Waals surface area contributed by atoms with Gasteiger partial charge in [0, 0.05) is 5.56 Å². The van der Waals surface area contributed by atoms with E-state index in [1.807, 2.05) is 31.2 Å². The summed E-state index contributed by atoms with van der Waals surface area (Å²) in [5.41, 5.74) is 1.30. The third-order valence-electron chi connectivity index (χ3n) is 3.56. The van der Waals surface area contributed by atoms with Gasteiger partial charge in [0.15, 0.2) is 11.7 Å². The number of aromatic nitrogens is 1. The van der Waals surface area contributed by atoms with E-state index in [4.69, 9.17) is 4.74 Å². The Labute approximate surface area is 144 Å². The van der Waals surface area contributed by atoms with Crippen molar-refractivity contribution in [2.45, 2.75) is 19.3 Å². The molecule has 0 N–H and O–H groups in total. The number of benzene rings is 2. The highest BCUT2D eigenvalue weighted by Gasteiger charge is 2.25. The zero-order valence-electron chi connectivity index (χ0n) is 13.2. The molecule has 1 unspecified atom stereocenters. The molecule has 3 aromatic rings. The molecule has 1 atom stereocenters. The van der Waals surface area contributed by atoms with Crippen LogP contribution >= 0.6 is 11.3 Å². The maximum absolute atomic E-state index is 12.7. The summed E-state index contributed by atoms with van der Waals surface area (Å²) in [7, 11) is 0. The van der Waals surface area contributed by atoms with Crippen molar-refractivity contribution >= 4 is 27.3 Å². The Bertz CT molecular complexity index is 861. The number of hydrogen-bond acceptors (Lipinski definition) is 5. The van der Waals surface area contributed by atoms with Crippen LogP contribution in [0.4, 0.5) is 0 Å². The number of hydrogen-bond donors (Lipinski definition) is 0. The molecule has 0 aliphatic heterocycles. The minimum Gasteiger partial charge on any atom is -0.494 e. The SMILES string of the molecule is CCCOc1ccc(C(=O)C(C#N)c2nc3ccccc3s2)cc1. The maximum atomic E-state index is 12.7. The van der Waals surface area contributed by atoms with Gasteiger partial charge in [0.2, 0.25) is 0 Å². The van der Waals surface area contributed by atoms with E-state index in [1.54, 1.807) is 24.3 Å². The van der Waals surface area contributed by atoms with Crippen molar-refractivity contribution in [2.75, 3.05) is 6.61 Å². The molecule has 4 nitrogen and oxygen atoms in total. The zero-order chi connectivity index (χ0) is 16.9. The number of carbonyl (C=O) groups is 1. The average Bonchev–Trinajstić information content (AvgIpc) is 3.04. The minimum absolute atomic E-state index is 0.237. The normalized spacial score (nSPS) is 11.8. The quantitative estimate of drug-likeness (QED) is 0.618. The first-order valence-corrected chi connectivity index (χ1v) is 8.56. The number of Topliss-reactive ketones (excluding diaryl/α,β-unsaturated/α-hetero) is 1. The van der Waals surface area contributed by atoms with Crippen molar-refractivity contribution in [3.8, 4) is 11.8 Å². The lowest BCUT2D eigenvalue weighted by atomic mass is 9.99. The van der Waals surface area contributed by atoms with Gasteiger partial charge in [-0.05, 0) is 42.8 Å². The molecule has 0 aliphatic rings. The van der Waals surface area contributed by atoms with E-state index in [1.165, 1.54) is 11.3 Å².